The highest BCUT2D eigenvalue weighted by Crippen LogP contribution is 2.19. The average molecular weight is 260 g/mol. The monoisotopic (exact) mass is 260 g/mol. The van der Waals surface area contributed by atoms with Crippen LogP contribution < -0.4 is 5.32 Å². The van der Waals surface area contributed by atoms with Gasteiger partial charge in [0.05, 0.1) is 5.69 Å². The van der Waals surface area contributed by atoms with Gasteiger partial charge in [-0.1, -0.05) is 20.8 Å². The van der Waals surface area contributed by atoms with Gasteiger partial charge in [0.25, 0.3) is 0 Å². The van der Waals surface area contributed by atoms with E-state index < -0.39 is 0 Å². The molecule has 0 fully saturated rings. The fraction of sp³-hybridized carbons (Fsp3) is 0.600. The van der Waals surface area contributed by atoms with Crippen molar-refractivity contribution in [2.75, 3.05) is 6.54 Å². The van der Waals surface area contributed by atoms with Gasteiger partial charge in [-0.15, -0.1) is 0 Å². The fourth-order valence-electron chi connectivity index (χ4n) is 2.12. The van der Waals surface area contributed by atoms with E-state index in [1.54, 1.807) is 0 Å². The Morgan fingerprint density at radius 2 is 2.11 bits per heavy atom. The van der Waals surface area contributed by atoms with Crippen molar-refractivity contribution in [1.82, 2.24) is 20.1 Å². The van der Waals surface area contributed by atoms with Crippen LogP contribution in [0.5, 0.6) is 0 Å². The van der Waals surface area contributed by atoms with E-state index in [0.717, 1.165) is 29.8 Å². The molecule has 2 aromatic rings. The lowest BCUT2D eigenvalue weighted by molar-refractivity contribution is 0.327. The van der Waals surface area contributed by atoms with Gasteiger partial charge in [-0.25, -0.2) is 4.98 Å². The van der Waals surface area contributed by atoms with Gasteiger partial charge in [-0.3, -0.25) is 4.68 Å². The van der Waals surface area contributed by atoms with E-state index in [9.17, 15) is 0 Å². The average Bonchev–Trinajstić information content (AvgIpc) is 2.65. The number of hydrogen-bond donors (Lipinski definition) is 1. The third-order valence-corrected chi connectivity index (χ3v) is 3.81. The molecule has 0 aromatic carbocycles. The first-order valence-corrected chi connectivity index (χ1v) is 6.92. The summed E-state index contributed by atoms with van der Waals surface area (Å²) < 4.78 is 1.84. The molecule has 2 heterocycles. The predicted octanol–water partition coefficient (Wildman–Crippen LogP) is 2.80. The first-order chi connectivity index (χ1) is 8.93. The number of nitrogens with one attached hydrogen (secondary N) is 1. The zero-order valence-electron chi connectivity index (χ0n) is 12.6. The van der Waals surface area contributed by atoms with E-state index in [1.165, 1.54) is 12.0 Å². The smallest absolute Gasteiger partial charge is 0.157 e. The van der Waals surface area contributed by atoms with Crippen molar-refractivity contribution >= 4 is 11.0 Å². The molecule has 0 aliphatic carbocycles. The lowest BCUT2D eigenvalue weighted by Crippen LogP contribution is -2.28. The third kappa shape index (κ3) is 3.13. The van der Waals surface area contributed by atoms with Crippen LogP contribution in [-0.2, 0) is 13.6 Å². The summed E-state index contributed by atoms with van der Waals surface area (Å²) in [4.78, 5) is 4.50. The Morgan fingerprint density at radius 3 is 2.79 bits per heavy atom. The van der Waals surface area contributed by atoms with Crippen LogP contribution in [-0.4, -0.2) is 21.3 Å². The van der Waals surface area contributed by atoms with E-state index in [0.29, 0.717) is 5.41 Å². The molecule has 0 saturated heterocycles. The normalized spacial score (nSPS) is 12.3. The van der Waals surface area contributed by atoms with Crippen LogP contribution in [0.3, 0.4) is 0 Å². The Labute approximate surface area is 115 Å². The molecule has 1 N–H and O–H groups in total. The molecule has 19 heavy (non-hydrogen) atoms. The van der Waals surface area contributed by atoms with Crippen LogP contribution in [0.2, 0.25) is 0 Å². The molecular formula is C15H24N4. The molecule has 0 amide bonds. The Morgan fingerprint density at radius 1 is 1.37 bits per heavy atom. The molecule has 0 atom stereocenters. The van der Waals surface area contributed by atoms with Gasteiger partial charge < -0.3 is 5.32 Å². The second kappa shape index (κ2) is 5.29. The van der Waals surface area contributed by atoms with Gasteiger partial charge in [0, 0.05) is 31.7 Å². The first kappa shape index (κ1) is 14.0. The Kier molecular flexibility index (Phi) is 3.90. The summed E-state index contributed by atoms with van der Waals surface area (Å²) >= 11 is 0. The van der Waals surface area contributed by atoms with Crippen molar-refractivity contribution in [2.24, 2.45) is 12.5 Å². The molecule has 0 aliphatic heterocycles. The molecule has 2 rings (SSSR count). The number of pyridine rings is 1. The summed E-state index contributed by atoms with van der Waals surface area (Å²) in [7, 11) is 1.93. The highest BCUT2D eigenvalue weighted by atomic mass is 15.3. The van der Waals surface area contributed by atoms with Crippen molar-refractivity contribution in [3.05, 3.63) is 23.5 Å². The van der Waals surface area contributed by atoms with Crippen molar-refractivity contribution in [1.29, 1.82) is 0 Å². The van der Waals surface area contributed by atoms with Crippen molar-refractivity contribution in [2.45, 2.75) is 40.7 Å². The molecule has 2 aromatic heterocycles. The predicted molar refractivity (Wildman–Crippen MR) is 79.0 cm³/mol. The van der Waals surface area contributed by atoms with E-state index in [1.807, 2.05) is 24.9 Å². The molecule has 0 bridgehead atoms. The highest BCUT2D eigenvalue weighted by molar-refractivity contribution is 5.78. The maximum absolute atomic E-state index is 4.50. The minimum Gasteiger partial charge on any atom is -0.312 e. The second-order valence-electron chi connectivity index (χ2n) is 6.05. The van der Waals surface area contributed by atoms with Gasteiger partial charge in [0.1, 0.15) is 0 Å². The minimum absolute atomic E-state index is 0.349. The molecule has 0 aliphatic rings. The first-order valence-electron chi connectivity index (χ1n) is 6.92. The van der Waals surface area contributed by atoms with Crippen LogP contribution in [0.4, 0.5) is 0 Å². The Hall–Kier alpha value is -1.42. The van der Waals surface area contributed by atoms with Crippen molar-refractivity contribution in [3.63, 3.8) is 0 Å². The van der Waals surface area contributed by atoms with Crippen LogP contribution in [0.15, 0.2) is 12.3 Å². The summed E-state index contributed by atoms with van der Waals surface area (Å²) in [5.41, 5.74) is 3.56. The van der Waals surface area contributed by atoms with E-state index in [-0.39, 0.29) is 0 Å². The summed E-state index contributed by atoms with van der Waals surface area (Å²) in [6.45, 7) is 10.7. The third-order valence-electron chi connectivity index (χ3n) is 3.81. The molecule has 104 valence electrons. The van der Waals surface area contributed by atoms with Crippen LogP contribution in [0.1, 0.15) is 38.4 Å². The summed E-state index contributed by atoms with van der Waals surface area (Å²) in [5.74, 6) is 0. The highest BCUT2D eigenvalue weighted by Gasteiger charge is 2.14. The zero-order chi connectivity index (χ0) is 14.0. The van der Waals surface area contributed by atoms with E-state index in [2.05, 4.69) is 42.2 Å². The molecule has 0 spiro atoms. The second-order valence-corrected chi connectivity index (χ2v) is 6.05. The van der Waals surface area contributed by atoms with E-state index in [4.69, 9.17) is 0 Å². The van der Waals surface area contributed by atoms with Gasteiger partial charge in [0.2, 0.25) is 0 Å². The lowest BCUT2D eigenvalue weighted by Gasteiger charge is -2.22. The SMILES string of the molecule is CCC(C)(C)CNCc1cnc2c(c1)c(C)nn2C. The molecule has 0 unspecified atom stereocenters. The number of fused-ring (bicyclic) bond motifs is 1. The molecule has 0 radical (unpaired) electrons. The zero-order valence-corrected chi connectivity index (χ0v) is 12.6. The van der Waals surface area contributed by atoms with Crippen molar-refractivity contribution < 1.29 is 0 Å². The Bertz CT molecular complexity index is 569. The maximum atomic E-state index is 4.50. The van der Waals surface area contributed by atoms with Crippen molar-refractivity contribution in [3.8, 4) is 0 Å². The summed E-state index contributed by atoms with van der Waals surface area (Å²) in [6.07, 6.45) is 3.12. The van der Waals surface area contributed by atoms with Gasteiger partial charge in [-0.2, -0.15) is 5.10 Å². The fourth-order valence-corrected chi connectivity index (χ4v) is 2.12. The van der Waals surface area contributed by atoms with Gasteiger partial charge in [-0.05, 0) is 30.4 Å². The number of hydrogen-bond acceptors (Lipinski definition) is 3. The van der Waals surface area contributed by atoms with Gasteiger partial charge >= 0.3 is 0 Å². The van der Waals surface area contributed by atoms with Gasteiger partial charge in [0.15, 0.2) is 5.65 Å². The standard InChI is InChI=1S/C15H24N4/c1-6-15(3,4)10-16-8-12-7-13-11(2)18-19(5)14(13)17-9-12/h7,9,16H,6,8,10H2,1-5H3. The topological polar surface area (TPSA) is 42.7 Å². The molecule has 0 saturated carbocycles. The number of aryl methyl sites for hydroxylation is 2. The van der Waals surface area contributed by atoms with Crippen LogP contribution >= 0.6 is 0 Å². The molecule has 4 nitrogen and oxygen atoms in total. The van der Waals surface area contributed by atoms with Crippen LogP contribution in [0, 0.1) is 12.3 Å². The number of aromatic nitrogens is 3. The number of rotatable bonds is 5. The molecular weight excluding hydrogens is 236 g/mol. The summed E-state index contributed by atoms with van der Waals surface area (Å²) in [5, 5.41) is 9.06. The quantitative estimate of drug-likeness (QED) is 0.899. The number of nitrogens with zero attached hydrogens (tertiary/aromatic N) is 3. The van der Waals surface area contributed by atoms with Crippen LogP contribution in [0.25, 0.3) is 11.0 Å². The maximum Gasteiger partial charge on any atom is 0.157 e. The largest absolute Gasteiger partial charge is 0.312 e. The summed E-state index contributed by atoms with van der Waals surface area (Å²) in [6, 6.07) is 2.19. The minimum atomic E-state index is 0.349. The Balaban J connectivity index is 2.08. The molecule has 4 heteroatoms. The van der Waals surface area contributed by atoms with E-state index >= 15 is 0 Å². The lowest BCUT2D eigenvalue weighted by atomic mass is 9.90.